The molecule has 4 heteroatoms. The molecule has 1 aliphatic rings. The van der Waals surface area contributed by atoms with Crippen LogP contribution in [0.3, 0.4) is 0 Å². The van der Waals surface area contributed by atoms with Gasteiger partial charge in [-0.15, -0.1) is 0 Å². The quantitative estimate of drug-likeness (QED) is 0.778. The zero-order valence-electron chi connectivity index (χ0n) is 12.6. The van der Waals surface area contributed by atoms with Crippen molar-refractivity contribution in [2.75, 3.05) is 14.2 Å². The summed E-state index contributed by atoms with van der Waals surface area (Å²) < 4.78 is 5.24. The molecule has 4 nitrogen and oxygen atoms in total. The molecule has 0 aliphatic carbocycles. The fourth-order valence-electron chi connectivity index (χ4n) is 3.03. The summed E-state index contributed by atoms with van der Waals surface area (Å²) in [5.41, 5.74) is -0.518. The van der Waals surface area contributed by atoms with E-state index in [-0.39, 0.29) is 11.9 Å². The number of hydrogen-bond donors (Lipinski definition) is 0. The molecular weight excluding hydrogens is 252 g/mol. The minimum Gasteiger partial charge on any atom is -0.497 e. The fourth-order valence-corrected chi connectivity index (χ4v) is 3.03. The largest absolute Gasteiger partial charge is 0.497 e. The van der Waals surface area contributed by atoms with E-state index in [0.29, 0.717) is 0 Å². The number of nitrogens with zero attached hydrogens (tertiary/aromatic N) is 2. The third kappa shape index (κ3) is 1.70. The molecule has 1 aromatic carbocycles. The number of methoxy groups -OCH3 is 1. The summed E-state index contributed by atoms with van der Waals surface area (Å²) in [6.45, 7) is 5.82. The zero-order chi connectivity index (χ0) is 15.1. The van der Waals surface area contributed by atoms with Gasteiger partial charge in [-0.1, -0.05) is 32.9 Å². The highest BCUT2D eigenvalue weighted by atomic mass is 16.5. The molecule has 1 aliphatic heterocycles. The Morgan fingerprint density at radius 3 is 2.55 bits per heavy atom. The monoisotopic (exact) mass is 272 g/mol. The maximum Gasteiger partial charge on any atom is 0.246 e. The third-order valence-electron chi connectivity index (χ3n) is 4.22. The summed E-state index contributed by atoms with van der Waals surface area (Å²) >= 11 is 0. The van der Waals surface area contributed by atoms with Crippen LogP contribution in [0.25, 0.3) is 0 Å². The molecule has 1 heterocycles. The summed E-state index contributed by atoms with van der Waals surface area (Å²) in [5.74, 6) is 0.622. The lowest BCUT2D eigenvalue weighted by Crippen LogP contribution is -2.66. The average molecular weight is 272 g/mol. The molecule has 0 N–H and O–H groups in total. The van der Waals surface area contributed by atoms with Gasteiger partial charge in [-0.25, -0.2) is 0 Å². The van der Waals surface area contributed by atoms with E-state index < -0.39 is 10.8 Å². The second-order valence-electron chi connectivity index (χ2n) is 6.27. The van der Waals surface area contributed by atoms with Crippen LogP contribution in [0.2, 0.25) is 0 Å². The van der Waals surface area contributed by atoms with Crippen molar-refractivity contribution >= 4 is 5.91 Å². The van der Waals surface area contributed by atoms with E-state index >= 15 is 0 Å². The standard InChI is InChI=1S/C16H20N2O2/c1-15(2,3)16(10-17)13(18(4)14(16)19)11-7-6-8-12(9-11)20-5/h6-9,13H,1-5H3. The van der Waals surface area contributed by atoms with Crippen molar-refractivity contribution in [2.24, 2.45) is 10.8 Å². The molecule has 0 bridgehead atoms. The fraction of sp³-hybridized carbons (Fsp3) is 0.500. The Labute approximate surface area is 120 Å². The van der Waals surface area contributed by atoms with Gasteiger partial charge in [0.2, 0.25) is 5.91 Å². The first-order valence-corrected chi connectivity index (χ1v) is 6.62. The molecule has 0 saturated carbocycles. The number of β-lactam (4-membered cyclic amide) rings is 1. The highest BCUT2D eigenvalue weighted by molar-refractivity contribution is 5.94. The van der Waals surface area contributed by atoms with Crippen LogP contribution in [0.5, 0.6) is 5.75 Å². The minimum atomic E-state index is -1.02. The van der Waals surface area contributed by atoms with Gasteiger partial charge in [0.25, 0.3) is 0 Å². The van der Waals surface area contributed by atoms with Crippen molar-refractivity contribution < 1.29 is 9.53 Å². The molecule has 1 aromatic rings. The number of ether oxygens (including phenoxy) is 1. The van der Waals surface area contributed by atoms with Gasteiger partial charge in [0, 0.05) is 7.05 Å². The number of carbonyl (C=O) groups excluding carboxylic acids is 1. The van der Waals surface area contributed by atoms with Gasteiger partial charge in [0.1, 0.15) is 5.75 Å². The summed E-state index contributed by atoms with van der Waals surface area (Å²) in [5, 5.41) is 9.69. The van der Waals surface area contributed by atoms with Gasteiger partial charge < -0.3 is 9.64 Å². The predicted molar refractivity (Wildman–Crippen MR) is 76.0 cm³/mol. The summed E-state index contributed by atoms with van der Waals surface area (Å²) in [6, 6.07) is 9.62. The number of carbonyl (C=O) groups is 1. The first-order chi connectivity index (χ1) is 9.29. The van der Waals surface area contributed by atoms with E-state index in [0.717, 1.165) is 11.3 Å². The lowest BCUT2D eigenvalue weighted by atomic mass is 9.55. The smallest absolute Gasteiger partial charge is 0.246 e. The Bertz CT molecular complexity index is 583. The van der Waals surface area contributed by atoms with E-state index in [1.807, 2.05) is 45.0 Å². The number of nitriles is 1. The van der Waals surface area contributed by atoms with Crippen LogP contribution in [0, 0.1) is 22.2 Å². The Kier molecular flexibility index (Phi) is 3.25. The van der Waals surface area contributed by atoms with Gasteiger partial charge in [-0.2, -0.15) is 5.26 Å². The maximum absolute atomic E-state index is 12.4. The van der Waals surface area contributed by atoms with Crippen LogP contribution in [0.1, 0.15) is 32.4 Å². The number of amides is 1. The lowest BCUT2D eigenvalue weighted by molar-refractivity contribution is -0.174. The highest BCUT2D eigenvalue weighted by Crippen LogP contribution is 2.58. The molecule has 2 unspecified atom stereocenters. The number of benzene rings is 1. The molecule has 0 aromatic heterocycles. The van der Waals surface area contributed by atoms with E-state index in [2.05, 4.69) is 6.07 Å². The predicted octanol–water partition coefficient (Wildman–Crippen LogP) is 2.76. The molecular formula is C16H20N2O2. The normalized spacial score (nSPS) is 25.9. The molecule has 1 amide bonds. The topological polar surface area (TPSA) is 53.3 Å². The van der Waals surface area contributed by atoms with Crippen LogP contribution in [0.4, 0.5) is 0 Å². The average Bonchev–Trinajstić information content (AvgIpc) is 2.41. The van der Waals surface area contributed by atoms with Gasteiger partial charge in [-0.05, 0) is 23.1 Å². The second kappa shape index (κ2) is 4.52. The van der Waals surface area contributed by atoms with Crippen molar-refractivity contribution in [3.05, 3.63) is 29.8 Å². The van der Waals surface area contributed by atoms with Crippen LogP contribution >= 0.6 is 0 Å². The molecule has 2 rings (SSSR count). The highest BCUT2D eigenvalue weighted by Gasteiger charge is 2.66. The maximum atomic E-state index is 12.4. The van der Waals surface area contributed by atoms with E-state index in [1.54, 1.807) is 19.1 Å². The first kappa shape index (κ1) is 14.4. The Morgan fingerprint density at radius 1 is 1.40 bits per heavy atom. The van der Waals surface area contributed by atoms with Crippen LogP contribution in [-0.4, -0.2) is 25.0 Å². The van der Waals surface area contributed by atoms with E-state index in [9.17, 15) is 10.1 Å². The Balaban J connectivity index is 2.54. The summed E-state index contributed by atoms with van der Waals surface area (Å²) in [6.07, 6.45) is 0. The molecule has 1 fully saturated rings. The molecule has 106 valence electrons. The number of rotatable bonds is 2. The molecule has 20 heavy (non-hydrogen) atoms. The van der Waals surface area contributed by atoms with Crippen LogP contribution in [0.15, 0.2) is 24.3 Å². The first-order valence-electron chi connectivity index (χ1n) is 6.62. The Hall–Kier alpha value is -2.02. The molecule has 0 spiro atoms. The summed E-state index contributed by atoms with van der Waals surface area (Å²) in [7, 11) is 3.35. The van der Waals surface area contributed by atoms with Gasteiger partial charge >= 0.3 is 0 Å². The Morgan fingerprint density at radius 2 is 2.05 bits per heavy atom. The third-order valence-corrected chi connectivity index (χ3v) is 4.22. The lowest BCUT2D eigenvalue weighted by Gasteiger charge is -2.56. The number of hydrogen-bond acceptors (Lipinski definition) is 3. The van der Waals surface area contributed by atoms with Crippen LogP contribution < -0.4 is 4.74 Å². The molecule has 1 saturated heterocycles. The summed E-state index contributed by atoms with van der Waals surface area (Å²) in [4.78, 5) is 14.0. The van der Waals surface area contributed by atoms with Gasteiger partial charge in [0.05, 0.1) is 19.2 Å². The minimum absolute atomic E-state index is 0.111. The van der Waals surface area contributed by atoms with Gasteiger partial charge in [-0.3, -0.25) is 4.79 Å². The number of likely N-dealkylation sites (tertiary alicyclic amines) is 1. The van der Waals surface area contributed by atoms with E-state index in [4.69, 9.17) is 4.74 Å². The van der Waals surface area contributed by atoms with Crippen molar-refractivity contribution in [1.29, 1.82) is 5.26 Å². The molecule has 0 radical (unpaired) electrons. The van der Waals surface area contributed by atoms with Crippen molar-refractivity contribution in [2.45, 2.75) is 26.8 Å². The van der Waals surface area contributed by atoms with Crippen molar-refractivity contribution in [3.8, 4) is 11.8 Å². The van der Waals surface area contributed by atoms with Gasteiger partial charge in [0.15, 0.2) is 5.41 Å². The SMILES string of the molecule is COc1cccc(C2N(C)C(=O)C2(C#N)C(C)(C)C)c1. The van der Waals surface area contributed by atoms with E-state index in [1.165, 1.54) is 0 Å². The molecule has 2 atom stereocenters. The zero-order valence-corrected chi connectivity index (χ0v) is 12.6. The van der Waals surface area contributed by atoms with Crippen LogP contribution in [-0.2, 0) is 4.79 Å². The van der Waals surface area contributed by atoms with Crippen molar-refractivity contribution in [1.82, 2.24) is 4.90 Å². The van der Waals surface area contributed by atoms with Crippen molar-refractivity contribution in [3.63, 3.8) is 0 Å². The second-order valence-corrected chi connectivity index (χ2v) is 6.27.